The van der Waals surface area contributed by atoms with Gasteiger partial charge in [-0.15, -0.1) is 11.3 Å². The zero-order chi connectivity index (χ0) is 13.9. The van der Waals surface area contributed by atoms with Crippen LogP contribution in [0.3, 0.4) is 0 Å². The van der Waals surface area contributed by atoms with E-state index in [2.05, 4.69) is 25.8 Å². The maximum atomic E-state index is 5.45. The third-order valence-corrected chi connectivity index (χ3v) is 4.80. The molecule has 2 heterocycles. The topological polar surface area (TPSA) is 63.8 Å². The predicted molar refractivity (Wildman–Crippen MR) is 78.0 cm³/mol. The molecule has 20 heavy (non-hydrogen) atoms. The molecule has 0 unspecified atom stereocenters. The molecule has 0 saturated heterocycles. The lowest BCUT2D eigenvalue weighted by atomic mass is 9.86. The average molecular weight is 292 g/mol. The third kappa shape index (κ3) is 3.07. The summed E-state index contributed by atoms with van der Waals surface area (Å²) in [4.78, 5) is 8.99. The van der Waals surface area contributed by atoms with Crippen molar-refractivity contribution in [1.82, 2.24) is 20.4 Å². The van der Waals surface area contributed by atoms with Crippen LogP contribution >= 0.6 is 11.3 Å². The molecule has 0 spiro atoms. The van der Waals surface area contributed by atoms with Crippen LogP contribution in [0.5, 0.6) is 0 Å². The molecule has 5 nitrogen and oxygen atoms in total. The number of nitrogens with zero attached hydrogens (tertiary/aromatic N) is 3. The predicted octanol–water partition coefficient (Wildman–Crippen LogP) is 2.67. The van der Waals surface area contributed by atoms with Gasteiger partial charge in [0, 0.05) is 17.3 Å². The van der Waals surface area contributed by atoms with E-state index in [1.807, 2.05) is 14.0 Å². The van der Waals surface area contributed by atoms with Crippen molar-refractivity contribution in [2.75, 3.05) is 7.05 Å². The molecule has 1 aliphatic rings. The average Bonchev–Trinajstić information content (AvgIpc) is 3.09. The van der Waals surface area contributed by atoms with Gasteiger partial charge in [0.15, 0.2) is 5.82 Å². The second-order valence-electron chi connectivity index (χ2n) is 5.42. The van der Waals surface area contributed by atoms with E-state index in [1.54, 1.807) is 11.3 Å². The Balaban J connectivity index is 1.62. The molecule has 1 N–H and O–H groups in total. The van der Waals surface area contributed by atoms with E-state index in [9.17, 15) is 0 Å². The van der Waals surface area contributed by atoms with Crippen molar-refractivity contribution in [3.05, 3.63) is 27.8 Å². The van der Waals surface area contributed by atoms with Crippen LogP contribution in [0.1, 0.15) is 54.0 Å². The van der Waals surface area contributed by atoms with Gasteiger partial charge < -0.3 is 9.84 Å². The van der Waals surface area contributed by atoms with Gasteiger partial charge >= 0.3 is 0 Å². The number of aryl methyl sites for hydroxylation is 1. The van der Waals surface area contributed by atoms with Crippen LogP contribution in [0.4, 0.5) is 0 Å². The highest BCUT2D eigenvalue weighted by Crippen LogP contribution is 2.31. The Morgan fingerprint density at radius 1 is 1.30 bits per heavy atom. The fourth-order valence-electron chi connectivity index (χ4n) is 2.79. The first-order valence-corrected chi connectivity index (χ1v) is 8.03. The minimum absolute atomic E-state index is 0.429. The van der Waals surface area contributed by atoms with Gasteiger partial charge in [-0.3, -0.25) is 0 Å². The van der Waals surface area contributed by atoms with Crippen molar-refractivity contribution in [3.63, 3.8) is 0 Å². The lowest BCUT2D eigenvalue weighted by Crippen LogP contribution is -2.29. The SMILES string of the molecule is CNC1CCC(c2nc(Cc3csc(C)n3)no2)CC1. The van der Waals surface area contributed by atoms with Gasteiger partial charge in [-0.2, -0.15) is 4.98 Å². The maximum Gasteiger partial charge on any atom is 0.229 e. The fourth-order valence-corrected chi connectivity index (χ4v) is 3.40. The summed E-state index contributed by atoms with van der Waals surface area (Å²) in [5.41, 5.74) is 1.03. The van der Waals surface area contributed by atoms with Gasteiger partial charge in [-0.1, -0.05) is 5.16 Å². The molecule has 0 atom stereocenters. The Bertz CT molecular complexity index is 557. The van der Waals surface area contributed by atoms with Crippen LogP contribution < -0.4 is 5.32 Å². The van der Waals surface area contributed by atoms with E-state index in [1.165, 1.54) is 12.8 Å². The van der Waals surface area contributed by atoms with Crippen molar-refractivity contribution in [3.8, 4) is 0 Å². The fraction of sp³-hybridized carbons (Fsp3) is 0.643. The minimum atomic E-state index is 0.429. The second kappa shape index (κ2) is 6.01. The molecule has 3 rings (SSSR count). The number of rotatable bonds is 4. The van der Waals surface area contributed by atoms with E-state index in [4.69, 9.17) is 4.52 Å². The first-order chi connectivity index (χ1) is 9.74. The standard InChI is InChI=1S/C14H20N4OS/c1-9-16-12(8-20-9)7-13-17-14(19-18-13)10-3-5-11(15-2)6-4-10/h8,10-11,15H,3-7H2,1-2H3. The third-order valence-electron chi connectivity index (χ3n) is 3.97. The molecule has 0 bridgehead atoms. The Morgan fingerprint density at radius 3 is 2.75 bits per heavy atom. The van der Waals surface area contributed by atoms with Crippen molar-refractivity contribution >= 4 is 11.3 Å². The van der Waals surface area contributed by atoms with E-state index in [0.29, 0.717) is 18.4 Å². The minimum Gasteiger partial charge on any atom is -0.339 e. The van der Waals surface area contributed by atoms with Crippen molar-refractivity contribution in [1.29, 1.82) is 0 Å². The summed E-state index contributed by atoms with van der Waals surface area (Å²) in [6.45, 7) is 2.01. The van der Waals surface area contributed by atoms with Crippen LogP contribution in [-0.4, -0.2) is 28.2 Å². The molecule has 2 aromatic heterocycles. The molecule has 1 fully saturated rings. The van der Waals surface area contributed by atoms with Crippen LogP contribution in [0.25, 0.3) is 0 Å². The van der Waals surface area contributed by atoms with Gasteiger partial charge in [0.25, 0.3) is 0 Å². The molecule has 0 radical (unpaired) electrons. The largest absolute Gasteiger partial charge is 0.339 e. The number of thiazole rings is 1. The zero-order valence-electron chi connectivity index (χ0n) is 11.9. The van der Waals surface area contributed by atoms with E-state index in [-0.39, 0.29) is 0 Å². The van der Waals surface area contributed by atoms with Gasteiger partial charge in [-0.25, -0.2) is 4.98 Å². The summed E-state index contributed by atoms with van der Waals surface area (Å²) < 4.78 is 5.45. The monoisotopic (exact) mass is 292 g/mol. The molecule has 108 valence electrons. The first kappa shape index (κ1) is 13.7. The second-order valence-corrected chi connectivity index (χ2v) is 6.48. The summed E-state index contributed by atoms with van der Waals surface area (Å²) in [6, 6.07) is 0.645. The summed E-state index contributed by atoms with van der Waals surface area (Å²) in [6.07, 6.45) is 5.29. The van der Waals surface area contributed by atoms with Crippen molar-refractivity contribution < 1.29 is 4.52 Å². The maximum absolute atomic E-state index is 5.45. The molecule has 0 aromatic carbocycles. The van der Waals surface area contributed by atoms with Crippen LogP contribution in [0.15, 0.2) is 9.90 Å². The molecular weight excluding hydrogens is 272 g/mol. The van der Waals surface area contributed by atoms with Crippen LogP contribution in [0.2, 0.25) is 0 Å². The van der Waals surface area contributed by atoms with Gasteiger partial charge in [0.1, 0.15) is 0 Å². The number of hydrogen-bond acceptors (Lipinski definition) is 6. The molecule has 1 saturated carbocycles. The Kier molecular flexibility index (Phi) is 4.12. The Morgan fingerprint density at radius 2 is 2.10 bits per heavy atom. The lowest BCUT2D eigenvalue weighted by Gasteiger charge is -2.25. The van der Waals surface area contributed by atoms with Gasteiger partial charge in [0.2, 0.25) is 5.89 Å². The number of hydrogen-bond donors (Lipinski definition) is 1. The first-order valence-electron chi connectivity index (χ1n) is 7.15. The smallest absolute Gasteiger partial charge is 0.229 e. The van der Waals surface area contributed by atoms with Crippen LogP contribution in [0, 0.1) is 6.92 Å². The van der Waals surface area contributed by atoms with E-state index < -0.39 is 0 Å². The molecule has 1 aliphatic carbocycles. The van der Waals surface area contributed by atoms with Gasteiger partial charge in [-0.05, 0) is 39.7 Å². The molecule has 2 aromatic rings. The highest BCUT2D eigenvalue weighted by Gasteiger charge is 2.25. The lowest BCUT2D eigenvalue weighted by molar-refractivity contribution is 0.287. The molecule has 6 heteroatoms. The quantitative estimate of drug-likeness (QED) is 0.938. The highest BCUT2D eigenvalue weighted by atomic mass is 32.1. The summed E-state index contributed by atoms with van der Waals surface area (Å²) >= 11 is 1.66. The van der Waals surface area contributed by atoms with E-state index in [0.717, 1.165) is 35.3 Å². The summed E-state index contributed by atoms with van der Waals surface area (Å²) in [5.74, 6) is 1.99. The molecule has 0 amide bonds. The molecular formula is C14H20N4OS. The Labute approximate surface area is 122 Å². The number of aromatic nitrogens is 3. The zero-order valence-corrected chi connectivity index (χ0v) is 12.7. The number of nitrogens with one attached hydrogen (secondary N) is 1. The summed E-state index contributed by atoms with van der Waals surface area (Å²) in [7, 11) is 2.03. The van der Waals surface area contributed by atoms with Gasteiger partial charge in [0.05, 0.1) is 17.1 Å². The normalized spacial score (nSPS) is 23.1. The van der Waals surface area contributed by atoms with Crippen LogP contribution in [-0.2, 0) is 6.42 Å². The molecule has 0 aliphatic heterocycles. The highest BCUT2D eigenvalue weighted by molar-refractivity contribution is 7.09. The Hall–Kier alpha value is -1.27. The summed E-state index contributed by atoms with van der Waals surface area (Å²) in [5, 5.41) is 10.6. The van der Waals surface area contributed by atoms with E-state index >= 15 is 0 Å². The van der Waals surface area contributed by atoms with Crippen molar-refractivity contribution in [2.24, 2.45) is 0 Å². The van der Waals surface area contributed by atoms with Crippen molar-refractivity contribution in [2.45, 2.75) is 51.0 Å².